The monoisotopic (exact) mass is 174 g/mol. The maximum absolute atomic E-state index is 2.26. The topological polar surface area (TPSA) is 0 Å². The third kappa shape index (κ3) is 3.93. The number of aryl methyl sites for hydroxylation is 1. The lowest BCUT2D eigenvalue weighted by molar-refractivity contribution is 0.816. The Morgan fingerprint density at radius 1 is 1.31 bits per heavy atom. The van der Waals surface area contributed by atoms with Gasteiger partial charge in [-0.1, -0.05) is 61.7 Å². The molecule has 0 saturated carbocycles. The van der Waals surface area contributed by atoms with Gasteiger partial charge in [0.2, 0.25) is 0 Å². The molecule has 0 aromatic heterocycles. The summed E-state index contributed by atoms with van der Waals surface area (Å²) in [5, 5.41) is 0. The first-order chi connectivity index (χ1) is 6.33. The van der Waals surface area contributed by atoms with Crippen molar-refractivity contribution >= 4 is 6.08 Å². The Morgan fingerprint density at radius 2 is 2.15 bits per heavy atom. The molecule has 0 nitrogen and oxygen atoms in total. The Labute approximate surface area is 81.3 Å². The van der Waals surface area contributed by atoms with Crippen molar-refractivity contribution in [1.29, 1.82) is 0 Å². The maximum atomic E-state index is 2.26. The summed E-state index contributed by atoms with van der Waals surface area (Å²) < 4.78 is 0. The molecule has 0 amide bonds. The van der Waals surface area contributed by atoms with Crippen LogP contribution in [0.25, 0.3) is 6.08 Å². The van der Waals surface area contributed by atoms with Gasteiger partial charge in [0.1, 0.15) is 0 Å². The van der Waals surface area contributed by atoms with Crippen LogP contribution < -0.4 is 0 Å². The van der Waals surface area contributed by atoms with Crippen LogP contribution in [0.2, 0.25) is 0 Å². The van der Waals surface area contributed by atoms with Crippen molar-refractivity contribution in [1.82, 2.24) is 0 Å². The number of unbranched alkanes of at least 4 members (excludes halogenated alkanes) is 2. The Morgan fingerprint density at radius 3 is 2.85 bits per heavy atom. The molecule has 0 heteroatoms. The largest absolute Gasteiger partial charge is 0.0839 e. The van der Waals surface area contributed by atoms with Gasteiger partial charge in [0.15, 0.2) is 0 Å². The zero-order valence-electron chi connectivity index (χ0n) is 8.59. The van der Waals surface area contributed by atoms with E-state index in [2.05, 4.69) is 50.3 Å². The fourth-order valence-corrected chi connectivity index (χ4v) is 1.32. The van der Waals surface area contributed by atoms with E-state index in [0.29, 0.717) is 0 Å². The normalized spacial score (nSPS) is 10.9. The summed E-state index contributed by atoms with van der Waals surface area (Å²) in [6, 6.07) is 8.59. The van der Waals surface area contributed by atoms with Gasteiger partial charge in [-0.05, 0) is 18.9 Å². The Kier molecular flexibility index (Phi) is 4.31. The lowest BCUT2D eigenvalue weighted by atomic mass is 10.1. The first-order valence-corrected chi connectivity index (χ1v) is 5.06. The average Bonchev–Trinajstić information content (AvgIpc) is 2.13. The van der Waals surface area contributed by atoms with Crippen LogP contribution in [0.1, 0.15) is 37.3 Å². The number of allylic oxidation sites excluding steroid dienone is 1. The highest BCUT2D eigenvalue weighted by molar-refractivity contribution is 5.49. The molecule has 0 N–H and O–H groups in total. The molecular weight excluding hydrogens is 156 g/mol. The Bertz CT molecular complexity index is 271. The van der Waals surface area contributed by atoms with Crippen LogP contribution in [0.3, 0.4) is 0 Å². The average molecular weight is 174 g/mol. The van der Waals surface area contributed by atoms with E-state index in [4.69, 9.17) is 0 Å². The quantitative estimate of drug-likeness (QED) is 0.600. The van der Waals surface area contributed by atoms with Crippen molar-refractivity contribution in [3.05, 3.63) is 41.5 Å². The minimum Gasteiger partial charge on any atom is -0.0839 e. The predicted octanol–water partition coefficient (Wildman–Crippen LogP) is 4.20. The number of hydrogen-bond acceptors (Lipinski definition) is 0. The standard InChI is InChI=1S/C13H18/c1-3-4-5-6-9-13-10-7-8-12(2)11-13/h6-11H,3-5H2,1-2H3/b9-6+. The minimum atomic E-state index is 1.20. The van der Waals surface area contributed by atoms with Gasteiger partial charge in [-0.25, -0.2) is 0 Å². The molecular formula is C13H18. The predicted molar refractivity (Wildman–Crippen MR) is 59.7 cm³/mol. The molecule has 70 valence electrons. The number of hydrogen-bond donors (Lipinski definition) is 0. The van der Waals surface area contributed by atoms with E-state index in [1.54, 1.807) is 0 Å². The summed E-state index contributed by atoms with van der Waals surface area (Å²) >= 11 is 0. The molecule has 0 saturated heterocycles. The van der Waals surface area contributed by atoms with Crippen molar-refractivity contribution in [2.24, 2.45) is 0 Å². The van der Waals surface area contributed by atoms with Gasteiger partial charge in [-0.15, -0.1) is 0 Å². The molecule has 0 heterocycles. The van der Waals surface area contributed by atoms with Crippen LogP contribution in [0, 0.1) is 6.92 Å². The number of benzene rings is 1. The zero-order chi connectivity index (χ0) is 9.52. The molecule has 0 bridgehead atoms. The van der Waals surface area contributed by atoms with E-state index >= 15 is 0 Å². The van der Waals surface area contributed by atoms with Crippen molar-refractivity contribution in [2.45, 2.75) is 33.1 Å². The highest BCUT2D eigenvalue weighted by Gasteiger charge is 1.86. The van der Waals surface area contributed by atoms with Gasteiger partial charge in [0, 0.05) is 0 Å². The van der Waals surface area contributed by atoms with Crippen LogP contribution in [-0.2, 0) is 0 Å². The summed E-state index contributed by atoms with van der Waals surface area (Å²) in [6.07, 6.45) is 8.24. The van der Waals surface area contributed by atoms with Gasteiger partial charge in [0.05, 0.1) is 0 Å². The lowest BCUT2D eigenvalue weighted by Crippen LogP contribution is -1.74. The van der Waals surface area contributed by atoms with Gasteiger partial charge in [-0.3, -0.25) is 0 Å². The van der Waals surface area contributed by atoms with Crippen molar-refractivity contribution in [3.63, 3.8) is 0 Å². The third-order valence-electron chi connectivity index (χ3n) is 2.08. The van der Waals surface area contributed by atoms with E-state index in [1.807, 2.05) is 0 Å². The van der Waals surface area contributed by atoms with Crippen LogP contribution in [0.5, 0.6) is 0 Å². The summed E-state index contributed by atoms with van der Waals surface area (Å²) in [7, 11) is 0. The molecule has 0 unspecified atom stereocenters. The molecule has 0 radical (unpaired) electrons. The zero-order valence-corrected chi connectivity index (χ0v) is 8.59. The number of rotatable bonds is 4. The molecule has 0 aliphatic heterocycles. The van der Waals surface area contributed by atoms with Crippen LogP contribution >= 0.6 is 0 Å². The van der Waals surface area contributed by atoms with Gasteiger partial charge in [-0.2, -0.15) is 0 Å². The molecule has 1 rings (SSSR count). The van der Waals surface area contributed by atoms with Gasteiger partial charge >= 0.3 is 0 Å². The lowest BCUT2D eigenvalue weighted by Gasteiger charge is -1.95. The van der Waals surface area contributed by atoms with E-state index in [9.17, 15) is 0 Å². The van der Waals surface area contributed by atoms with Crippen molar-refractivity contribution in [2.75, 3.05) is 0 Å². The van der Waals surface area contributed by atoms with Crippen LogP contribution in [0.15, 0.2) is 30.3 Å². The van der Waals surface area contributed by atoms with Crippen LogP contribution in [0.4, 0.5) is 0 Å². The fraction of sp³-hybridized carbons (Fsp3) is 0.385. The third-order valence-corrected chi connectivity index (χ3v) is 2.08. The molecule has 0 spiro atoms. The second-order valence-corrected chi connectivity index (χ2v) is 3.46. The molecule has 1 aromatic carbocycles. The smallest absolute Gasteiger partial charge is 0.0257 e. The highest BCUT2D eigenvalue weighted by atomic mass is 13.9. The molecule has 0 aliphatic carbocycles. The van der Waals surface area contributed by atoms with Crippen molar-refractivity contribution in [3.8, 4) is 0 Å². The minimum absolute atomic E-state index is 1.20. The summed E-state index contributed by atoms with van der Waals surface area (Å²) in [6.45, 7) is 4.35. The van der Waals surface area contributed by atoms with E-state index in [-0.39, 0.29) is 0 Å². The van der Waals surface area contributed by atoms with E-state index in [1.165, 1.54) is 30.4 Å². The molecule has 0 atom stereocenters. The van der Waals surface area contributed by atoms with E-state index in [0.717, 1.165) is 0 Å². The second kappa shape index (κ2) is 5.58. The molecule has 1 aromatic rings. The summed E-state index contributed by atoms with van der Waals surface area (Å²) in [5.41, 5.74) is 2.65. The van der Waals surface area contributed by atoms with Gasteiger partial charge < -0.3 is 0 Å². The molecule has 0 fully saturated rings. The maximum Gasteiger partial charge on any atom is -0.0257 e. The Balaban J connectivity index is 2.48. The van der Waals surface area contributed by atoms with Gasteiger partial charge in [0.25, 0.3) is 0 Å². The van der Waals surface area contributed by atoms with Crippen LogP contribution in [-0.4, -0.2) is 0 Å². The Hall–Kier alpha value is -1.04. The highest BCUT2D eigenvalue weighted by Crippen LogP contribution is 2.07. The van der Waals surface area contributed by atoms with E-state index < -0.39 is 0 Å². The fourth-order valence-electron chi connectivity index (χ4n) is 1.32. The first kappa shape index (κ1) is 10.0. The first-order valence-electron chi connectivity index (χ1n) is 5.06. The van der Waals surface area contributed by atoms with Crippen molar-refractivity contribution < 1.29 is 0 Å². The molecule has 0 aliphatic rings. The summed E-state index contributed by atoms with van der Waals surface area (Å²) in [4.78, 5) is 0. The molecule has 13 heavy (non-hydrogen) atoms. The SMILES string of the molecule is CCCC/C=C/c1cccc(C)c1. The summed E-state index contributed by atoms with van der Waals surface area (Å²) in [5.74, 6) is 0. The second-order valence-electron chi connectivity index (χ2n) is 3.46.